The van der Waals surface area contributed by atoms with Crippen LogP contribution in [-0.4, -0.2) is 36.1 Å². The van der Waals surface area contributed by atoms with Crippen molar-refractivity contribution in [3.8, 4) is 0 Å². The van der Waals surface area contributed by atoms with Crippen LogP contribution in [0.3, 0.4) is 0 Å². The number of rotatable bonds is 3. The summed E-state index contributed by atoms with van der Waals surface area (Å²) in [7, 11) is 0. The zero-order valence-electron chi connectivity index (χ0n) is 10.2. The molecule has 1 fully saturated rings. The summed E-state index contributed by atoms with van der Waals surface area (Å²) >= 11 is 18.2. The molecule has 5 heteroatoms. The van der Waals surface area contributed by atoms with E-state index >= 15 is 0 Å². The van der Waals surface area contributed by atoms with E-state index in [1.807, 2.05) is 18.2 Å². The van der Waals surface area contributed by atoms with E-state index in [1.54, 1.807) is 0 Å². The van der Waals surface area contributed by atoms with E-state index in [9.17, 15) is 0 Å². The predicted molar refractivity (Wildman–Crippen MR) is 76.8 cm³/mol. The number of hydrogen-bond acceptors (Lipinski definition) is 2. The van der Waals surface area contributed by atoms with Crippen LogP contribution in [0.5, 0.6) is 0 Å². The average molecular weight is 309 g/mol. The normalized spacial score (nSPS) is 25.3. The molecule has 0 spiro atoms. The van der Waals surface area contributed by atoms with Gasteiger partial charge in [0.1, 0.15) is 0 Å². The van der Waals surface area contributed by atoms with Crippen molar-refractivity contribution < 1.29 is 4.74 Å². The van der Waals surface area contributed by atoms with Crippen molar-refractivity contribution in [2.24, 2.45) is 0 Å². The van der Waals surface area contributed by atoms with Crippen LogP contribution in [0.1, 0.15) is 12.5 Å². The largest absolute Gasteiger partial charge is 0.371 e. The smallest absolute Gasteiger partial charge is 0.0841 e. The minimum atomic E-state index is 0.0803. The zero-order valence-corrected chi connectivity index (χ0v) is 12.5. The van der Waals surface area contributed by atoms with Crippen molar-refractivity contribution in [2.45, 2.75) is 25.7 Å². The molecule has 0 N–H and O–H groups in total. The SMILES string of the molecule is CC1CN(Cc2c(Cl)cccc2Cl)CC(CCl)O1. The molecule has 100 valence electrons. The third-order valence-electron chi connectivity index (χ3n) is 3.02. The fourth-order valence-corrected chi connectivity index (χ4v) is 2.95. The van der Waals surface area contributed by atoms with Crippen molar-refractivity contribution in [3.05, 3.63) is 33.8 Å². The molecule has 0 bridgehead atoms. The molecule has 18 heavy (non-hydrogen) atoms. The number of nitrogens with zero attached hydrogens (tertiary/aromatic N) is 1. The van der Waals surface area contributed by atoms with Gasteiger partial charge in [0.15, 0.2) is 0 Å². The molecular formula is C13H16Cl3NO. The second-order valence-electron chi connectivity index (χ2n) is 4.62. The van der Waals surface area contributed by atoms with Crippen LogP contribution in [0.25, 0.3) is 0 Å². The van der Waals surface area contributed by atoms with Crippen LogP contribution in [-0.2, 0) is 11.3 Å². The number of alkyl halides is 1. The minimum absolute atomic E-state index is 0.0803. The van der Waals surface area contributed by atoms with E-state index in [-0.39, 0.29) is 12.2 Å². The van der Waals surface area contributed by atoms with E-state index in [0.29, 0.717) is 15.9 Å². The molecule has 2 atom stereocenters. The Hall–Kier alpha value is 0.01000. The van der Waals surface area contributed by atoms with Gasteiger partial charge in [-0.25, -0.2) is 0 Å². The lowest BCUT2D eigenvalue weighted by Gasteiger charge is -2.36. The van der Waals surface area contributed by atoms with Crippen molar-refractivity contribution in [1.82, 2.24) is 4.90 Å². The Morgan fingerprint density at radius 2 is 1.94 bits per heavy atom. The van der Waals surface area contributed by atoms with E-state index in [0.717, 1.165) is 25.2 Å². The molecule has 1 aromatic rings. The van der Waals surface area contributed by atoms with Crippen LogP contribution in [0, 0.1) is 0 Å². The van der Waals surface area contributed by atoms with Crippen LogP contribution in [0.15, 0.2) is 18.2 Å². The summed E-state index contributed by atoms with van der Waals surface area (Å²) in [5, 5.41) is 1.42. The highest BCUT2D eigenvalue weighted by atomic mass is 35.5. The van der Waals surface area contributed by atoms with Crippen LogP contribution in [0.4, 0.5) is 0 Å². The molecule has 1 aliphatic heterocycles. The number of morpholine rings is 1. The van der Waals surface area contributed by atoms with Gasteiger partial charge in [-0.3, -0.25) is 4.90 Å². The summed E-state index contributed by atoms with van der Waals surface area (Å²) in [4.78, 5) is 2.29. The maximum absolute atomic E-state index is 6.19. The van der Waals surface area contributed by atoms with Gasteiger partial charge in [-0.05, 0) is 19.1 Å². The van der Waals surface area contributed by atoms with Crippen molar-refractivity contribution >= 4 is 34.8 Å². The quantitative estimate of drug-likeness (QED) is 0.787. The van der Waals surface area contributed by atoms with Gasteiger partial charge in [0, 0.05) is 41.1 Å². The summed E-state index contributed by atoms with van der Waals surface area (Å²) < 4.78 is 5.72. The Labute approximate surface area is 123 Å². The Balaban J connectivity index is 2.08. The first kappa shape index (κ1) is 14.4. The van der Waals surface area contributed by atoms with Crippen LogP contribution < -0.4 is 0 Å². The second-order valence-corrected chi connectivity index (χ2v) is 5.74. The van der Waals surface area contributed by atoms with E-state index in [1.165, 1.54) is 0 Å². The molecule has 1 aliphatic rings. The molecule has 1 aromatic carbocycles. The standard InChI is InChI=1S/C13H16Cl3NO/c1-9-6-17(7-10(5-14)18-9)8-11-12(15)3-2-4-13(11)16/h2-4,9-10H,5-8H2,1H3. The molecule has 0 aromatic heterocycles. The molecule has 2 unspecified atom stereocenters. The Bertz CT molecular complexity index is 393. The van der Waals surface area contributed by atoms with Gasteiger partial charge in [0.2, 0.25) is 0 Å². The minimum Gasteiger partial charge on any atom is -0.371 e. The highest BCUT2D eigenvalue weighted by Gasteiger charge is 2.25. The van der Waals surface area contributed by atoms with Gasteiger partial charge < -0.3 is 4.74 Å². The van der Waals surface area contributed by atoms with Crippen LogP contribution in [0.2, 0.25) is 10.0 Å². The fraction of sp³-hybridized carbons (Fsp3) is 0.538. The first-order valence-corrected chi connectivity index (χ1v) is 7.26. The zero-order chi connectivity index (χ0) is 13.1. The number of ether oxygens (including phenoxy) is 1. The lowest BCUT2D eigenvalue weighted by atomic mass is 10.1. The molecular weight excluding hydrogens is 293 g/mol. The summed E-state index contributed by atoms with van der Waals surface area (Å²) in [6.45, 7) is 4.48. The van der Waals surface area contributed by atoms with Gasteiger partial charge in [-0.1, -0.05) is 29.3 Å². The third kappa shape index (κ3) is 3.52. The van der Waals surface area contributed by atoms with Crippen molar-refractivity contribution in [2.75, 3.05) is 19.0 Å². The van der Waals surface area contributed by atoms with Gasteiger partial charge in [-0.15, -0.1) is 11.6 Å². The van der Waals surface area contributed by atoms with Gasteiger partial charge in [-0.2, -0.15) is 0 Å². The average Bonchev–Trinajstić information content (AvgIpc) is 2.33. The van der Waals surface area contributed by atoms with Gasteiger partial charge in [0.25, 0.3) is 0 Å². The van der Waals surface area contributed by atoms with Gasteiger partial charge >= 0.3 is 0 Å². The Kier molecular flexibility index (Phi) is 5.16. The molecule has 0 aliphatic carbocycles. The van der Waals surface area contributed by atoms with E-state index < -0.39 is 0 Å². The fourth-order valence-electron chi connectivity index (χ4n) is 2.26. The Morgan fingerprint density at radius 3 is 2.56 bits per heavy atom. The number of benzene rings is 1. The molecule has 0 amide bonds. The number of hydrogen-bond donors (Lipinski definition) is 0. The highest BCUT2D eigenvalue weighted by molar-refractivity contribution is 6.35. The van der Waals surface area contributed by atoms with Gasteiger partial charge in [0.05, 0.1) is 12.2 Å². The lowest BCUT2D eigenvalue weighted by molar-refractivity contribution is -0.0688. The predicted octanol–water partition coefficient (Wildman–Crippen LogP) is 3.82. The molecule has 0 saturated carbocycles. The Morgan fingerprint density at radius 1 is 1.28 bits per heavy atom. The monoisotopic (exact) mass is 307 g/mol. The van der Waals surface area contributed by atoms with Crippen LogP contribution >= 0.6 is 34.8 Å². The van der Waals surface area contributed by atoms with Crippen molar-refractivity contribution in [1.29, 1.82) is 0 Å². The molecule has 0 radical (unpaired) electrons. The molecule has 1 heterocycles. The summed E-state index contributed by atoms with van der Waals surface area (Å²) in [5.41, 5.74) is 0.975. The summed E-state index contributed by atoms with van der Waals surface area (Å²) in [6, 6.07) is 5.59. The first-order valence-electron chi connectivity index (χ1n) is 5.96. The van der Waals surface area contributed by atoms with Crippen molar-refractivity contribution in [3.63, 3.8) is 0 Å². The molecule has 2 rings (SSSR count). The lowest BCUT2D eigenvalue weighted by Crippen LogP contribution is -2.46. The first-order chi connectivity index (χ1) is 8.60. The third-order valence-corrected chi connectivity index (χ3v) is 4.07. The summed E-state index contributed by atoms with van der Waals surface area (Å²) in [6.07, 6.45) is 0.264. The maximum Gasteiger partial charge on any atom is 0.0841 e. The van der Waals surface area contributed by atoms with E-state index in [2.05, 4.69) is 11.8 Å². The molecule has 2 nitrogen and oxygen atoms in total. The second kappa shape index (κ2) is 6.44. The van der Waals surface area contributed by atoms with E-state index in [4.69, 9.17) is 39.5 Å². The topological polar surface area (TPSA) is 12.5 Å². The summed E-state index contributed by atoms with van der Waals surface area (Å²) in [5.74, 6) is 0.511. The maximum atomic E-state index is 6.19. The molecule has 1 saturated heterocycles. The highest BCUT2D eigenvalue weighted by Crippen LogP contribution is 2.26. The number of halogens is 3.